The largest absolute Gasteiger partial charge is 0.305 e. The lowest BCUT2D eigenvalue weighted by Crippen LogP contribution is -2.16. The zero-order chi connectivity index (χ0) is 21.2. The maximum Gasteiger partial charge on any atom is 0.279 e. The van der Waals surface area contributed by atoms with E-state index in [1.165, 1.54) is 23.5 Å². The summed E-state index contributed by atoms with van der Waals surface area (Å²) in [4.78, 5) is 18.4. The van der Waals surface area contributed by atoms with Crippen LogP contribution in [-0.4, -0.2) is 24.1 Å². The number of thiazole rings is 1. The Morgan fingerprint density at radius 1 is 1.31 bits per heavy atom. The minimum absolute atomic E-state index is 0.00426. The molecule has 0 aliphatic rings. The van der Waals surface area contributed by atoms with Crippen LogP contribution >= 0.6 is 23.1 Å². The number of sulfonamides is 1. The average Bonchev–Trinajstić information content (AvgIpc) is 2.97. The minimum atomic E-state index is -3.83. The monoisotopic (exact) mass is 445 g/mol. The number of carbonyl (C=O) groups is 1. The van der Waals surface area contributed by atoms with E-state index in [0.717, 1.165) is 4.90 Å². The smallest absolute Gasteiger partial charge is 0.279 e. The summed E-state index contributed by atoms with van der Waals surface area (Å²) in [7, 11) is -3.83. The van der Waals surface area contributed by atoms with Gasteiger partial charge >= 0.3 is 0 Å². The molecule has 0 radical (unpaired) electrons. The second kappa shape index (κ2) is 8.55. The summed E-state index contributed by atoms with van der Waals surface area (Å²) in [5, 5.41) is 5.61. The number of nitrogens with two attached hydrogens (primary N) is 1. The summed E-state index contributed by atoms with van der Waals surface area (Å²) < 4.78 is 25.6. The maximum absolute atomic E-state index is 12.8. The third kappa shape index (κ3) is 4.97. The van der Waals surface area contributed by atoms with Crippen LogP contribution in [0, 0.1) is 12.3 Å². The summed E-state index contributed by atoms with van der Waals surface area (Å²) in [6, 6.07) is 11.8. The van der Waals surface area contributed by atoms with Crippen LogP contribution in [-0.2, 0) is 16.6 Å². The number of primary sulfonamides is 1. The number of aromatic nitrogens is 1. The predicted octanol–water partition coefficient (Wildman–Crippen LogP) is 3.23. The predicted molar refractivity (Wildman–Crippen MR) is 117 cm³/mol. The van der Waals surface area contributed by atoms with Gasteiger partial charge in [-0.2, -0.15) is 4.99 Å². The Kier molecular flexibility index (Phi) is 6.29. The van der Waals surface area contributed by atoms with Gasteiger partial charge in [-0.15, -0.1) is 18.2 Å². The molecule has 1 aromatic heterocycles. The summed E-state index contributed by atoms with van der Waals surface area (Å²) in [5.41, 5.74) is 1.17. The van der Waals surface area contributed by atoms with Crippen molar-refractivity contribution in [1.29, 1.82) is 0 Å². The fraction of sp³-hybridized carbons (Fsp3) is 0.200. The molecular weight excluding hydrogens is 426 g/mol. The van der Waals surface area contributed by atoms with Crippen molar-refractivity contribution in [3.8, 4) is 12.3 Å². The second-order valence-electron chi connectivity index (χ2n) is 6.46. The van der Waals surface area contributed by atoms with Gasteiger partial charge in [0.1, 0.15) is 0 Å². The molecule has 2 N–H and O–H groups in total. The number of benzene rings is 2. The van der Waals surface area contributed by atoms with E-state index in [-0.39, 0.29) is 17.3 Å². The molecule has 150 valence electrons. The van der Waals surface area contributed by atoms with E-state index in [0.29, 0.717) is 25.8 Å². The van der Waals surface area contributed by atoms with E-state index in [9.17, 15) is 13.2 Å². The molecule has 0 bridgehead atoms. The van der Waals surface area contributed by atoms with Crippen LogP contribution in [0.15, 0.2) is 57.2 Å². The van der Waals surface area contributed by atoms with Crippen LogP contribution in [0.4, 0.5) is 0 Å². The third-order valence-corrected chi connectivity index (χ3v) is 6.83. The highest BCUT2D eigenvalue weighted by atomic mass is 32.2. The van der Waals surface area contributed by atoms with Crippen LogP contribution in [0.3, 0.4) is 0 Å². The fourth-order valence-corrected chi connectivity index (χ4v) is 5.26. The molecule has 6 nitrogen and oxygen atoms in total. The van der Waals surface area contributed by atoms with Gasteiger partial charge in [-0.25, -0.2) is 13.6 Å². The average molecular weight is 446 g/mol. The molecule has 1 amide bonds. The van der Waals surface area contributed by atoms with Crippen molar-refractivity contribution in [2.45, 2.75) is 35.4 Å². The Morgan fingerprint density at radius 3 is 2.72 bits per heavy atom. The van der Waals surface area contributed by atoms with E-state index in [4.69, 9.17) is 11.6 Å². The number of hydrogen-bond acceptors (Lipinski definition) is 5. The number of carbonyl (C=O) groups excluding carboxylic acids is 1. The van der Waals surface area contributed by atoms with Crippen molar-refractivity contribution in [2.24, 2.45) is 10.1 Å². The fourth-order valence-electron chi connectivity index (χ4n) is 2.69. The molecule has 0 unspecified atom stereocenters. The molecule has 1 heterocycles. The molecule has 0 aliphatic carbocycles. The van der Waals surface area contributed by atoms with E-state index in [1.54, 1.807) is 28.5 Å². The first kappa shape index (κ1) is 21.3. The van der Waals surface area contributed by atoms with Gasteiger partial charge in [0.15, 0.2) is 4.80 Å². The Hall–Kier alpha value is -2.38. The molecule has 2 aromatic carbocycles. The number of thioether (sulfide) groups is 1. The highest BCUT2D eigenvalue weighted by molar-refractivity contribution is 7.99. The number of fused-ring (bicyclic) bond motifs is 1. The van der Waals surface area contributed by atoms with E-state index >= 15 is 0 Å². The molecule has 29 heavy (non-hydrogen) atoms. The Bertz CT molecular complexity index is 1300. The highest BCUT2D eigenvalue weighted by Gasteiger charge is 2.13. The number of amides is 1. The summed E-state index contributed by atoms with van der Waals surface area (Å²) in [6.45, 7) is 4.36. The lowest BCUT2D eigenvalue weighted by molar-refractivity contribution is 0.0997. The van der Waals surface area contributed by atoms with E-state index in [2.05, 4.69) is 24.8 Å². The first-order valence-electron chi connectivity index (χ1n) is 8.64. The molecule has 0 aliphatic heterocycles. The van der Waals surface area contributed by atoms with Crippen LogP contribution in [0.2, 0.25) is 0 Å². The standard InChI is InChI=1S/C20H19N3O3S3/c1-4-10-23-17-9-8-16(29(21,25)26)12-18(17)28-20(23)22-19(24)14-6-5-7-15(11-14)27-13(2)3/h1,5-9,11-13H,10H2,2-3H3,(H2,21,25,26). The summed E-state index contributed by atoms with van der Waals surface area (Å²) in [5.74, 6) is 2.15. The minimum Gasteiger partial charge on any atom is -0.305 e. The summed E-state index contributed by atoms with van der Waals surface area (Å²) in [6.07, 6.45) is 5.48. The third-order valence-electron chi connectivity index (χ3n) is 3.88. The Labute approximate surface area is 177 Å². The first-order valence-corrected chi connectivity index (χ1v) is 11.9. The molecule has 0 fully saturated rings. The van der Waals surface area contributed by atoms with Gasteiger partial charge in [-0.05, 0) is 36.4 Å². The first-order chi connectivity index (χ1) is 13.7. The van der Waals surface area contributed by atoms with Crippen molar-refractivity contribution >= 4 is 49.2 Å². The molecule has 3 rings (SSSR count). The zero-order valence-corrected chi connectivity index (χ0v) is 18.3. The number of nitrogens with zero attached hydrogens (tertiary/aromatic N) is 2. The van der Waals surface area contributed by atoms with Gasteiger partial charge in [-0.1, -0.05) is 37.2 Å². The Balaban J connectivity index is 2.10. The SMILES string of the molecule is C#CCn1c(=NC(=O)c2cccc(SC(C)C)c2)sc2cc(S(N)(=O)=O)ccc21. The van der Waals surface area contributed by atoms with E-state index < -0.39 is 10.0 Å². The van der Waals surface area contributed by atoms with Crippen molar-refractivity contribution in [1.82, 2.24) is 4.57 Å². The topological polar surface area (TPSA) is 94.5 Å². The van der Waals surface area contributed by atoms with Crippen molar-refractivity contribution in [3.05, 3.63) is 52.8 Å². The second-order valence-corrected chi connectivity index (χ2v) is 10.7. The van der Waals surface area contributed by atoms with E-state index in [1.807, 2.05) is 18.2 Å². The lowest BCUT2D eigenvalue weighted by atomic mass is 10.2. The van der Waals surface area contributed by atoms with Crippen molar-refractivity contribution in [3.63, 3.8) is 0 Å². The van der Waals surface area contributed by atoms with Crippen LogP contribution < -0.4 is 9.94 Å². The van der Waals surface area contributed by atoms with Gasteiger partial charge in [-0.3, -0.25) is 4.79 Å². The molecule has 3 aromatic rings. The van der Waals surface area contributed by atoms with Gasteiger partial charge < -0.3 is 4.57 Å². The zero-order valence-electron chi connectivity index (χ0n) is 15.8. The molecule has 0 saturated carbocycles. The van der Waals surface area contributed by atoms with Gasteiger partial charge in [0.2, 0.25) is 10.0 Å². The molecule has 9 heteroatoms. The number of rotatable bonds is 5. The van der Waals surface area contributed by atoms with Gasteiger partial charge in [0.25, 0.3) is 5.91 Å². The highest BCUT2D eigenvalue weighted by Crippen LogP contribution is 2.24. The normalized spacial score (nSPS) is 12.4. The molecular formula is C20H19N3O3S3. The molecule has 0 spiro atoms. The molecule has 0 saturated heterocycles. The maximum atomic E-state index is 12.8. The lowest BCUT2D eigenvalue weighted by Gasteiger charge is -2.05. The quantitative estimate of drug-likeness (QED) is 0.482. The number of terminal acetylenes is 1. The number of hydrogen-bond donors (Lipinski definition) is 1. The van der Waals surface area contributed by atoms with Crippen LogP contribution in [0.1, 0.15) is 24.2 Å². The van der Waals surface area contributed by atoms with Crippen molar-refractivity contribution < 1.29 is 13.2 Å². The van der Waals surface area contributed by atoms with Crippen molar-refractivity contribution in [2.75, 3.05) is 0 Å². The Morgan fingerprint density at radius 2 is 2.07 bits per heavy atom. The van der Waals surface area contributed by atoms with Crippen LogP contribution in [0.5, 0.6) is 0 Å². The van der Waals surface area contributed by atoms with Gasteiger partial charge in [0.05, 0.1) is 21.7 Å². The summed E-state index contributed by atoms with van der Waals surface area (Å²) >= 11 is 2.85. The molecule has 0 atom stereocenters. The van der Waals surface area contributed by atoms with Crippen LogP contribution in [0.25, 0.3) is 10.2 Å². The van der Waals surface area contributed by atoms with Gasteiger partial charge in [0, 0.05) is 15.7 Å².